The maximum absolute atomic E-state index is 13.9. The van der Waals surface area contributed by atoms with Crippen molar-refractivity contribution in [1.82, 2.24) is 4.90 Å². The number of ketones is 3. The van der Waals surface area contributed by atoms with Crippen molar-refractivity contribution in [2.24, 2.45) is 0 Å². The van der Waals surface area contributed by atoms with E-state index in [2.05, 4.69) is 0 Å². The molecule has 0 spiro atoms. The molecular formula is C42H53NO15. The first-order valence-corrected chi connectivity index (χ1v) is 19.9. The number of Topliss-reactive ketones (excluding diaryl/α,β-unsaturated/α-hetero) is 1. The quantitative estimate of drug-likeness (QED) is 0.228. The SMILES string of the molecule is CC[C@@]1(O)C[C@H](O[C@H]2C[C@H](N(C)C)[C@@H](O[C@H]3C[C@@H](O)[C@@H](O[C@H]4CCC(=O)[C@@H](C)O4)[C@@H](C)O3)[C@@H](C)O2)c2c(cc3c(c2O)C(=O)c2c(O)cccc2C3=O)C1C(=O)OC. The first-order valence-electron chi connectivity index (χ1n) is 19.9. The molecule has 3 aliphatic heterocycles. The molecule has 1 unspecified atom stereocenters. The Bertz CT molecular complexity index is 1940. The Labute approximate surface area is 336 Å². The molecule has 7 rings (SSSR count). The topological polar surface area (TPSA) is 217 Å². The second-order valence-electron chi connectivity index (χ2n) is 16.3. The zero-order valence-corrected chi connectivity index (χ0v) is 33.7. The van der Waals surface area contributed by atoms with Gasteiger partial charge in [-0.25, -0.2) is 0 Å². The zero-order chi connectivity index (χ0) is 42.0. The van der Waals surface area contributed by atoms with E-state index in [0.717, 1.165) is 0 Å². The van der Waals surface area contributed by atoms with Crippen LogP contribution in [0.4, 0.5) is 0 Å². The highest BCUT2D eigenvalue weighted by Gasteiger charge is 2.53. The molecule has 3 heterocycles. The molecule has 0 radical (unpaired) electrons. The zero-order valence-electron chi connectivity index (χ0n) is 33.7. The van der Waals surface area contributed by atoms with E-state index >= 15 is 0 Å². The molecule has 2 aromatic rings. The molecule has 3 fully saturated rings. The largest absolute Gasteiger partial charge is 0.507 e. The molecule has 0 amide bonds. The molecule has 2 aliphatic carbocycles. The number of rotatable bonds is 9. The van der Waals surface area contributed by atoms with E-state index in [1.54, 1.807) is 27.7 Å². The van der Waals surface area contributed by atoms with Crippen LogP contribution in [0.3, 0.4) is 0 Å². The van der Waals surface area contributed by atoms with E-state index in [4.69, 9.17) is 33.2 Å². The smallest absolute Gasteiger partial charge is 0.316 e. The van der Waals surface area contributed by atoms with Crippen LogP contribution >= 0.6 is 0 Å². The van der Waals surface area contributed by atoms with Gasteiger partial charge in [-0.1, -0.05) is 19.1 Å². The van der Waals surface area contributed by atoms with E-state index in [1.165, 1.54) is 31.4 Å². The maximum atomic E-state index is 13.9. The number of phenolic OH excluding ortho intramolecular Hbond substituents is 2. The van der Waals surface area contributed by atoms with E-state index < -0.39 is 102 Å². The van der Waals surface area contributed by atoms with E-state index in [9.17, 15) is 39.6 Å². The lowest BCUT2D eigenvalue weighted by atomic mass is 9.67. The Morgan fingerprint density at radius 1 is 0.897 bits per heavy atom. The van der Waals surface area contributed by atoms with Crippen molar-refractivity contribution in [3.8, 4) is 11.5 Å². The minimum Gasteiger partial charge on any atom is -0.507 e. The maximum Gasteiger partial charge on any atom is 0.316 e. The number of benzene rings is 2. The summed E-state index contributed by atoms with van der Waals surface area (Å²) in [6.45, 7) is 6.95. The molecule has 5 aliphatic rings. The molecule has 2 aromatic carbocycles. The standard InChI is InChI=1S/C42H53NO15/c1-8-42(51)17-28(33-22(35(42)41(50)52-7)14-23-34(38(33)49)37(48)32-21(36(23)47)10-9-11-26(32)45)56-30-15-24(43(5)6)39(19(3)54-30)58-31-16-27(46)40(20(4)55-31)57-29-13-12-25(44)18(2)53-29/h9-11,14,18-20,24,27-31,35,39-40,45-46,49,51H,8,12-13,15-17H2,1-7H3/t18-,19-,20-,24+,27-,28+,29+,30+,31+,35?,39+,40+,42-/m1/s1. The number of aliphatic hydroxyl groups excluding tert-OH is 1. The highest BCUT2D eigenvalue weighted by atomic mass is 16.7. The van der Waals surface area contributed by atoms with Crippen LogP contribution in [0.1, 0.15) is 121 Å². The third-order valence-electron chi connectivity index (χ3n) is 12.4. The van der Waals surface area contributed by atoms with Crippen molar-refractivity contribution in [2.45, 2.75) is 145 Å². The molecule has 0 saturated carbocycles. The van der Waals surface area contributed by atoms with Crippen molar-refractivity contribution >= 4 is 23.3 Å². The summed E-state index contributed by atoms with van der Waals surface area (Å²) >= 11 is 0. The average Bonchev–Trinajstić information content (AvgIpc) is 3.17. The van der Waals surface area contributed by atoms with Gasteiger partial charge in [0.1, 0.15) is 35.7 Å². The summed E-state index contributed by atoms with van der Waals surface area (Å²) in [5.74, 6) is -4.59. The van der Waals surface area contributed by atoms with Crippen molar-refractivity contribution < 1.29 is 72.8 Å². The van der Waals surface area contributed by atoms with Crippen LogP contribution in [0.25, 0.3) is 0 Å². The number of ether oxygens (including phenoxy) is 7. The molecular weight excluding hydrogens is 758 g/mol. The molecule has 3 saturated heterocycles. The Balaban J connectivity index is 1.13. The number of hydrogen-bond acceptors (Lipinski definition) is 16. The van der Waals surface area contributed by atoms with Gasteiger partial charge in [-0.05, 0) is 59.0 Å². The van der Waals surface area contributed by atoms with Gasteiger partial charge in [0.25, 0.3) is 0 Å². The number of nitrogens with zero attached hydrogens (tertiary/aromatic N) is 1. The molecule has 16 nitrogen and oxygen atoms in total. The van der Waals surface area contributed by atoms with E-state index in [1.807, 2.05) is 19.0 Å². The fraction of sp³-hybridized carbons (Fsp3) is 0.619. The van der Waals surface area contributed by atoms with Crippen LogP contribution in [-0.2, 0) is 42.7 Å². The van der Waals surface area contributed by atoms with Crippen molar-refractivity contribution in [2.75, 3.05) is 21.2 Å². The summed E-state index contributed by atoms with van der Waals surface area (Å²) in [4.78, 5) is 55.0. The van der Waals surface area contributed by atoms with Crippen LogP contribution in [0.5, 0.6) is 11.5 Å². The molecule has 4 N–H and O–H groups in total. The molecule has 16 heteroatoms. The Morgan fingerprint density at radius 3 is 2.21 bits per heavy atom. The first kappa shape index (κ1) is 42.3. The fourth-order valence-corrected chi connectivity index (χ4v) is 9.27. The van der Waals surface area contributed by atoms with Crippen molar-refractivity contribution in [3.05, 3.63) is 57.6 Å². The van der Waals surface area contributed by atoms with Gasteiger partial charge in [0.15, 0.2) is 30.4 Å². The highest BCUT2D eigenvalue weighted by Crippen LogP contribution is 2.54. The predicted octanol–water partition coefficient (Wildman–Crippen LogP) is 3.16. The van der Waals surface area contributed by atoms with Crippen molar-refractivity contribution in [3.63, 3.8) is 0 Å². The number of methoxy groups -OCH3 is 1. The second kappa shape index (κ2) is 16.3. The van der Waals surface area contributed by atoms with E-state index in [-0.39, 0.29) is 70.9 Å². The number of aromatic hydroxyl groups is 2. The predicted molar refractivity (Wildman–Crippen MR) is 201 cm³/mol. The molecule has 316 valence electrons. The van der Waals surface area contributed by atoms with Gasteiger partial charge in [-0.3, -0.25) is 19.2 Å². The minimum absolute atomic E-state index is 0.00573. The fourth-order valence-electron chi connectivity index (χ4n) is 9.27. The monoisotopic (exact) mass is 811 g/mol. The average molecular weight is 812 g/mol. The summed E-state index contributed by atoms with van der Waals surface area (Å²) in [5, 5.41) is 45.9. The third kappa shape index (κ3) is 7.47. The van der Waals surface area contributed by atoms with E-state index in [0.29, 0.717) is 12.8 Å². The number of likely N-dealkylation sites (N-methyl/N-ethyl adjacent to an activating group) is 1. The number of carbonyl (C=O) groups excluding carboxylic acids is 4. The van der Waals surface area contributed by atoms with Crippen LogP contribution < -0.4 is 0 Å². The Kier molecular flexibility index (Phi) is 11.9. The molecule has 0 aromatic heterocycles. The highest BCUT2D eigenvalue weighted by molar-refractivity contribution is 6.30. The number of phenols is 2. The number of esters is 1. The number of carbonyl (C=O) groups is 4. The van der Waals surface area contributed by atoms with Crippen LogP contribution in [0.2, 0.25) is 0 Å². The lowest BCUT2D eigenvalue weighted by Crippen LogP contribution is -2.58. The van der Waals surface area contributed by atoms with Gasteiger partial charge < -0.3 is 58.5 Å². The third-order valence-corrected chi connectivity index (χ3v) is 12.4. The Morgan fingerprint density at radius 2 is 1.57 bits per heavy atom. The van der Waals surface area contributed by atoms with Gasteiger partial charge in [0.05, 0.1) is 48.3 Å². The van der Waals surface area contributed by atoms with Crippen molar-refractivity contribution in [1.29, 1.82) is 0 Å². The lowest BCUT2D eigenvalue weighted by molar-refractivity contribution is -0.324. The second-order valence-corrected chi connectivity index (χ2v) is 16.3. The van der Waals surface area contributed by atoms with Gasteiger partial charge in [0, 0.05) is 54.8 Å². The lowest BCUT2D eigenvalue weighted by Gasteiger charge is -2.48. The minimum atomic E-state index is -1.76. The van der Waals surface area contributed by atoms with Crippen LogP contribution in [-0.4, -0.2) is 137 Å². The normalized spacial score (nSPS) is 36.3. The summed E-state index contributed by atoms with van der Waals surface area (Å²) in [7, 11) is 4.91. The van der Waals surface area contributed by atoms with Gasteiger partial charge >= 0.3 is 5.97 Å². The number of fused-ring (bicyclic) bond motifs is 3. The number of aliphatic hydroxyl groups is 2. The summed E-state index contributed by atoms with van der Waals surface area (Å²) in [6.07, 6.45) is -6.64. The van der Waals surface area contributed by atoms with Gasteiger partial charge in [-0.15, -0.1) is 0 Å². The Hall–Kier alpha value is -3.84. The summed E-state index contributed by atoms with van der Waals surface area (Å²) in [5.41, 5.74) is -2.49. The van der Waals surface area contributed by atoms with Gasteiger partial charge in [0.2, 0.25) is 5.78 Å². The van der Waals surface area contributed by atoms with Crippen LogP contribution in [0.15, 0.2) is 24.3 Å². The number of hydrogen-bond donors (Lipinski definition) is 4. The molecule has 13 atom stereocenters. The molecule has 58 heavy (non-hydrogen) atoms. The summed E-state index contributed by atoms with van der Waals surface area (Å²) in [6, 6.07) is 5.11. The van der Waals surface area contributed by atoms with Gasteiger partial charge in [-0.2, -0.15) is 0 Å². The van der Waals surface area contributed by atoms with Crippen LogP contribution in [0, 0.1) is 0 Å². The first-order chi connectivity index (χ1) is 27.5. The molecule has 0 bridgehead atoms. The summed E-state index contributed by atoms with van der Waals surface area (Å²) < 4.78 is 42.6.